The summed E-state index contributed by atoms with van der Waals surface area (Å²) in [4.78, 5) is 0. The van der Waals surface area contributed by atoms with Gasteiger partial charge in [-0.2, -0.15) is 0 Å². The van der Waals surface area contributed by atoms with Crippen LogP contribution < -0.4 is 15.9 Å². The summed E-state index contributed by atoms with van der Waals surface area (Å²) in [5.41, 5.74) is 6.96. The molecular formula is C10H13BClNO3. The number of rotatable bonds is 3. The Labute approximate surface area is 99.4 Å². The molecule has 16 heavy (non-hydrogen) atoms. The average molecular weight is 241 g/mol. The van der Waals surface area contributed by atoms with E-state index in [-0.39, 0.29) is 12.6 Å². The summed E-state index contributed by atoms with van der Waals surface area (Å²) in [5, 5.41) is 10.2. The third kappa shape index (κ3) is 1.91. The molecular weight excluding hydrogens is 228 g/mol. The zero-order valence-corrected chi connectivity index (χ0v) is 9.70. The van der Waals surface area contributed by atoms with Gasteiger partial charge in [0.1, 0.15) is 5.75 Å². The average Bonchev–Trinajstić information content (AvgIpc) is 2.57. The number of hydrogen-bond donors (Lipinski definition) is 2. The maximum atomic E-state index is 9.71. The second kappa shape index (κ2) is 4.63. The van der Waals surface area contributed by atoms with Crippen molar-refractivity contribution in [2.45, 2.75) is 13.0 Å². The molecule has 86 valence electrons. The Kier molecular flexibility index (Phi) is 3.40. The summed E-state index contributed by atoms with van der Waals surface area (Å²) in [6.45, 7) is 2.72. The van der Waals surface area contributed by atoms with E-state index in [1.807, 2.05) is 6.92 Å². The highest BCUT2D eigenvalue weighted by Crippen LogP contribution is 2.32. The second-order valence-corrected chi connectivity index (χ2v) is 3.96. The van der Waals surface area contributed by atoms with Crippen molar-refractivity contribution in [2.75, 3.05) is 13.2 Å². The predicted octanol–water partition coefficient (Wildman–Crippen LogP) is 0.456. The van der Waals surface area contributed by atoms with Crippen LogP contribution in [0.5, 0.6) is 5.75 Å². The first-order chi connectivity index (χ1) is 7.67. The highest BCUT2D eigenvalue weighted by molar-refractivity contribution is 6.62. The summed E-state index contributed by atoms with van der Waals surface area (Å²) in [6.07, 6.45) is -0.340. The highest BCUT2D eigenvalue weighted by atomic mass is 35.5. The van der Waals surface area contributed by atoms with E-state index in [2.05, 4.69) is 0 Å². The Bertz CT molecular complexity index is 402. The van der Waals surface area contributed by atoms with Crippen LogP contribution in [0.4, 0.5) is 0 Å². The molecule has 1 aliphatic rings. The summed E-state index contributed by atoms with van der Waals surface area (Å²) in [6, 6.07) is 3.46. The van der Waals surface area contributed by atoms with Crippen LogP contribution in [0.3, 0.4) is 0 Å². The number of fused-ring (bicyclic) bond motifs is 1. The van der Waals surface area contributed by atoms with Crippen molar-refractivity contribution in [1.82, 2.24) is 0 Å². The Balaban J connectivity index is 2.44. The molecule has 1 aromatic rings. The van der Waals surface area contributed by atoms with Crippen LogP contribution >= 0.6 is 11.6 Å². The topological polar surface area (TPSA) is 64.7 Å². The first kappa shape index (κ1) is 11.7. The fraction of sp³-hybridized carbons (Fsp3) is 0.400. The largest absolute Gasteiger partial charge is 0.494 e. The molecule has 6 heteroatoms. The van der Waals surface area contributed by atoms with E-state index in [0.29, 0.717) is 22.8 Å². The predicted molar refractivity (Wildman–Crippen MR) is 63.1 cm³/mol. The van der Waals surface area contributed by atoms with E-state index >= 15 is 0 Å². The van der Waals surface area contributed by atoms with Gasteiger partial charge in [-0.3, -0.25) is 0 Å². The molecule has 0 radical (unpaired) electrons. The van der Waals surface area contributed by atoms with Gasteiger partial charge >= 0.3 is 7.12 Å². The van der Waals surface area contributed by atoms with E-state index in [0.717, 1.165) is 5.56 Å². The van der Waals surface area contributed by atoms with E-state index in [9.17, 15) is 5.02 Å². The van der Waals surface area contributed by atoms with Gasteiger partial charge < -0.3 is 20.1 Å². The van der Waals surface area contributed by atoms with Crippen LogP contribution in [0.1, 0.15) is 18.6 Å². The maximum Gasteiger partial charge on any atom is 0.492 e. The lowest BCUT2D eigenvalue weighted by atomic mass is 9.79. The lowest BCUT2D eigenvalue weighted by Crippen LogP contribution is -2.28. The molecule has 0 bridgehead atoms. The van der Waals surface area contributed by atoms with Gasteiger partial charge in [0, 0.05) is 11.6 Å². The van der Waals surface area contributed by atoms with Crippen molar-refractivity contribution in [3.05, 3.63) is 22.7 Å². The molecule has 0 saturated heterocycles. The summed E-state index contributed by atoms with van der Waals surface area (Å²) in [7, 11) is -0.971. The van der Waals surface area contributed by atoms with Crippen molar-refractivity contribution in [3.8, 4) is 5.75 Å². The summed E-state index contributed by atoms with van der Waals surface area (Å²) >= 11 is 6.12. The third-order valence-electron chi connectivity index (χ3n) is 2.54. The lowest BCUT2D eigenvalue weighted by Gasteiger charge is -2.11. The molecule has 0 amide bonds. The zero-order chi connectivity index (χ0) is 11.7. The van der Waals surface area contributed by atoms with Crippen molar-refractivity contribution >= 4 is 24.2 Å². The number of benzene rings is 1. The van der Waals surface area contributed by atoms with E-state index in [1.54, 1.807) is 12.1 Å². The van der Waals surface area contributed by atoms with Crippen LogP contribution in [0, 0.1) is 0 Å². The molecule has 1 unspecified atom stereocenters. The van der Waals surface area contributed by atoms with E-state index in [4.69, 9.17) is 26.7 Å². The molecule has 0 spiro atoms. The zero-order valence-electron chi connectivity index (χ0n) is 8.94. The van der Waals surface area contributed by atoms with Crippen molar-refractivity contribution in [1.29, 1.82) is 0 Å². The standard InChI is InChI=1S/C10H13BClNO3/c1-2-15-6-3-7-10(8(12)4-6)9(5-13)16-11(7)14/h3-4,9,14H,2,5,13H2,1H3. The summed E-state index contributed by atoms with van der Waals surface area (Å²) in [5.74, 6) is 0.631. The summed E-state index contributed by atoms with van der Waals surface area (Å²) < 4.78 is 10.6. The van der Waals surface area contributed by atoms with Crippen molar-refractivity contribution in [2.24, 2.45) is 5.73 Å². The van der Waals surface area contributed by atoms with Gasteiger partial charge in [-0.15, -0.1) is 0 Å². The van der Waals surface area contributed by atoms with Crippen LogP contribution in [-0.2, 0) is 4.65 Å². The van der Waals surface area contributed by atoms with Gasteiger partial charge in [-0.05, 0) is 30.1 Å². The third-order valence-corrected chi connectivity index (χ3v) is 2.85. The first-order valence-corrected chi connectivity index (χ1v) is 5.55. The lowest BCUT2D eigenvalue weighted by molar-refractivity contribution is 0.198. The first-order valence-electron chi connectivity index (χ1n) is 5.17. The molecule has 0 saturated carbocycles. The van der Waals surface area contributed by atoms with E-state index in [1.165, 1.54) is 0 Å². The molecule has 1 aliphatic heterocycles. The van der Waals surface area contributed by atoms with Gasteiger partial charge in [0.2, 0.25) is 0 Å². The smallest absolute Gasteiger partial charge is 0.492 e. The van der Waals surface area contributed by atoms with Gasteiger partial charge in [-0.25, -0.2) is 0 Å². The molecule has 3 N–H and O–H groups in total. The quantitative estimate of drug-likeness (QED) is 0.755. The van der Waals surface area contributed by atoms with Crippen LogP contribution in [0.25, 0.3) is 0 Å². The molecule has 4 nitrogen and oxygen atoms in total. The Morgan fingerprint density at radius 2 is 2.38 bits per heavy atom. The molecule has 0 fully saturated rings. The normalized spacial score (nSPS) is 18.8. The van der Waals surface area contributed by atoms with Crippen molar-refractivity contribution in [3.63, 3.8) is 0 Å². The number of ether oxygens (including phenoxy) is 1. The van der Waals surface area contributed by atoms with Gasteiger partial charge in [0.15, 0.2) is 0 Å². The molecule has 0 aliphatic carbocycles. The SMILES string of the molecule is CCOc1cc(Cl)c2c(c1)B(O)OC2CN. The fourth-order valence-electron chi connectivity index (χ4n) is 1.88. The minimum Gasteiger partial charge on any atom is -0.494 e. The Morgan fingerprint density at radius 1 is 1.62 bits per heavy atom. The Morgan fingerprint density at radius 3 is 3.00 bits per heavy atom. The van der Waals surface area contributed by atoms with Crippen molar-refractivity contribution < 1.29 is 14.4 Å². The van der Waals surface area contributed by atoms with Gasteiger partial charge in [-0.1, -0.05) is 11.6 Å². The van der Waals surface area contributed by atoms with Crippen LogP contribution in [0.2, 0.25) is 5.02 Å². The minimum absolute atomic E-state index is 0.289. The molecule has 1 heterocycles. The molecule has 0 aromatic heterocycles. The Hall–Kier alpha value is -0.745. The van der Waals surface area contributed by atoms with Crippen LogP contribution in [-0.4, -0.2) is 25.3 Å². The molecule has 2 rings (SSSR count). The number of nitrogens with two attached hydrogens (primary N) is 1. The second-order valence-electron chi connectivity index (χ2n) is 3.55. The van der Waals surface area contributed by atoms with Gasteiger partial charge in [0.05, 0.1) is 12.7 Å². The highest BCUT2D eigenvalue weighted by Gasteiger charge is 2.36. The monoisotopic (exact) mass is 241 g/mol. The van der Waals surface area contributed by atoms with E-state index < -0.39 is 7.12 Å². The molecule has 1 atom stereocenters. The number of hydrogen-bond acceptors (Lipinski definition) is 4. The number of halogens is 1. The minimum atomic E-state index is -0.971. The van der Waals surface area contributed by atoms with Gasteiger partial charge in [0.25, 0.3) is 0 Å². The molecule has 1 aromatic carbocycles. The van der Waals surface area contributed by atoms with Crippen LogP contribution in [0.15, 0.2) is 12.1 Å². The maximum absolute atomic E-state index is 9.71. The fourth-order valence-corrected chi connectivity index (χ4v) is 2.22.